The van der Waals surface area contributed by atoms with Gasteiger partial charge >= 0.3 is 0 Å². The molecule has 0 atom stereocenters. The molecule has 0 bridgehead atoms. The monoisotopic (exact) mass is 331 g/mol. The normalized spacial score (nSPS) is 5.73. The molecule has 120 valence electrons. The summed E-state index contributed by atoms with van der Waals surface area (Å²) >= 11 is 0. The van der Waals surface area contributed by atoms with E-state index in [0.29, 0.717) is 13.1 Å². The summed E-state index contributed by atoms with van der Waals surface area (Å²) in [6, 6.07) is 0. The van der Waals surface area contributed by atoms with Crippen molar-refractivity contribution in [3.05, 3.63) is 25.3 Å². The standard InChI is InChI=1S/C24H13NO/c1-4-7-8-9-10-11-12-13-14-15-16-17-18-19-20-21-24(26)25(22-5-2)23-6-3/h5-6H,2-3,22-23H2,1H3. The van der Waals surface area contributed by atoms with Gasteiger partial charge in [0, 0.05) is 19.0 Å². The Hall–Kier alpha value is -4.57. The first kappa shape index (κ1) is 21.4. The summed E-state index contributed by atoms with van der Waals surface area (Å²) in [5, 5.41) is 0. The summed E-state index contributed by atoms with van der Waals surface area (Å²) in [5.41, 5.74) is 0. The number of nitrogens with zero attached hydrogens (tertiary/aromatic N) is 1. The number of hydrogen-bond acceptors (Lipinski definition) is 1. The van der Waals surface area contributed by atoms with Crippen LogP contribution in [-0.2, 0) is 4.79 Å². The Morgan fingerprint density at radius 2 is 1.04 bits per heavy atom. The van der Waals surface area contributed by atoms with Crippen LogP contribution < -0.4 is 0 Å². The first-order valence-electron chi connectivity index (χ1n) is 7.19. The molecule has 0 heterocycles. The molecular formula is C24H13NO. The van der Waals surface area contributed by atoms with Gasteiger partial charge in [0.05, 0.1) is 0 Å². The quantitative estimate of drug-likeness (QED) is 0.561. The van der Waals surface area contributed by atoms with Crippen LogP contribution in [0.1, 0.15) is 6.92 Å². The third-order valence-electron chi connectivity index (χ3n) is 2.09. The molecule has 0 aromatic carbocycles. The summed E-state index contributed by atoms with van der Waals surface area (Å²) in [5.74, 6) is 39.6. The van der Waals surface area contributed by atoms with Gasteiger partial charge in [-0.1, -0.05) is 18.1 Å². The van der Waals surface area contributed by atoms with E-state index in [2.05, 4.69) is 108 Å². The maximum atomic E-state index is 11.7. The predicted molar refractivity (Wildman–Crippen MR) is 105 cm³/mol. The molecule has 0 unspecified atom stereocenters. The van der Waals surface area contributed by atoms with Gasteiger partial charge in [-0.2, -0.15) is 0 Å². The maximum Gasteiger partial charge on any atom is 0.300 e. The van der Waals surface area contributed by atoms with Crippen molar-refractivity contribution < 1.29 is 4.79 Å². The van der Waals surface area contributed by atoms with E-state index >= 15 is 0 Å². The van der Waals surface area contributed by atoms with Crippen LogP contribution in [0.2, 0.25) is 0 Å². The molecule has 2 nitrogen and oxygen atoms in total. The lowest BCUT2D eigenvalue weighted by Crippen LogP contribution is -2.29. The number of rotatable bonds is 4. The highest BCUT2D eigenvalue weighted by atomic mass is 16.2. The second-order valence-corrected chi connectivity index (χ2v) is 3.91. The number of hydrogen-bond donors (Lipinski definition) is 0. The highest BCUT2D eigenvalue weighted by Gasteiger charge is 2.05. The Morgan fingerprint density at radius 1 is 0.692 bits per heavy atom. The number of amides is 1. The van der Waals surface area contributed by atoms with Crippen molar-refractivity contribution in [2.24, 2.45) is 0 Å². The SMILES string of the molecule is C=CCN(CC=C)C(=O)C#CC#CC#CC#CC#CC#CC#CC#CC. The van der Waals surface area contributed by atoms with E-state index < -0.39 is 0 Å². The molecule has 26 heavy (non-hydrogen) atoms. The van der Waals surface area contributed by atoms with Crippen LogP contribution in [0, 0.1) is 94.7 Å². The van der Waals surface area contributed by atoms with Crippen LogP contribution >= 0.6 is 0 Å². The molecule has 0 N–H and O–H groups in total. The molecule has 0 spiro atoms. The van der Waals surface area contributed by atoms with Crippen molar-refractivity contribution in [3.63, 3.8) is 0 Å². The van der Waals surface area contributed by atoms with Crippen molar-refractivity contribution in [2.75, 3.05) is 13.1 Å². The summed E-state index contributed by atoms with van der Waals surface area (Å²) in [7, 11) is 0. The lowest BCUT2D eigenvalue weighted by molar-refractivity contribution is -0.124. The molecule has 0 saturated heterocycles. The largest absolute Gasteiger partial charge is 0.324 e. The highest BCUT2D eigenvalue weighted by Crippen LogP contribution is 1.89. The van der Waals surface area contributed by atoms with Gasteiger partial charge in [0.1, 0.15) is 0 Å². The molecule has 0 aliphatic carbocycles. The average molecular weight is 331 g/mol. The topological polar surface area (TPSA) is 20.3 Å². The average Bonchev–Trinajstić information content (AvgIpc) is 2.64. The van der Waals surface area contributed by atoms with Crippen molar-refractivity contribution in [2.45, 2.75) is 6.92 Å². The van der Waals surface area contributed by atoms with E-state index in [-0.39, 0.29) is 5.91 Å². The van der Waals surface area contributed by atoms with Crippen LogP contribution in [0.5, 0.6) is 0 Å². The minimum absolute atomic E-state index is 0.352. The molecule has 0 saturated carbocycles. The minimum Gasteiger partial charge on any atom is -0.324 e. The number of carbonyl (C=O) groups is 1. The Bertz CT molecular complexity index is 1030. The van der Waals surface area contributed by atoms with Crippen molar-refractivity contribution in [1.82, 2.24) is 4.90 Å². The molecule has 0 aliphatic rings. The first-order chi connectivity index (χ1) is 12.8. The molecule has 1 amide bonds. The third kappa shape index (κ3) is 13.1. The van der Waals surface area contributed by atoms with E-state index in [9.17, 15) is 4.79 Å². The minimum atomic E-state index is -0.352. The van der Waals surface area contributed by atoms with Crippen molar-refractivity contribution >= 4 is 5.91 Å². The molecule has 0 radical (unpaired) electrons. The Labute approximate surface area is 156 Å². The van der Waals surface area contributed by atoms with Crippen molar-refractivity contribution in [1.29, 1.82) is 0 Å². The fraction of sp³-hybridized carbons (Fsp3) is 0.125. The number of carbonyl (C=O) groups excluding carboxylic acids is 1. The fourth-order valence-electron chi connectivity index (χ4n) is 1.15. The van der Waals surface area contributed by atoms with Gasteiger partial charge in [-0.05, 0) is 89.8 Å². The molecule has 0 rings (SSSR count). The fourth-order valence-corrected chi connectivity index (χ4v) is 1.15. The van der Waals surface area contributed by atoms with E-state index in [1.54, 1.807) is 19.1 Å². The highest BCUT2D eigenvalue weighted by molar-refractivity contribution is 5.94. The van der Waals surface area contributed by atoms with Gasteiger partial charge in [0.2, 0.25) is 0 Å². The van der Waals surface area contributed by atoms with Gasteiger partial charge < -0.3 is 4.90 Å². The van der Waals surface area contributed by atoms with Crippen LogP contribution in [0.25, 0.3) is 0 Å². The summed E-state index contributed by atoms with van der Waals surface area (Å²) in [4.78, 5) is 13.2. The van der Waals surface area contributed by atoms with Gasteiger partial charge in [-0.25, -0.2) is 0 Å². The van der Waals surface area contributed by atoms with E-state index in [1.807, 2.05) is 0 Å². The van der Waals surface area contributed by atoms with Gasteiger partial charge in [0.15, 0.2) is 0 Å². The maximum absolute atomic E-state index is 11.7. The second-order valence-electron chi connectivity index (χ2n) is 3.91. The van der Waals surface area contributed by atoms with Crippen molar-refractivity contribution in [3.8, 4) is 94.7 Å². The molecular weight excluding hydrogens is 318 g/mol. The predicted octanol–water partition coefficient (Wildman–Crippen LogP) is 1.23. The lowest BCUT2D eigenvalue weighted by Gasteiger charge is -2.14. The Morgan fingerprint density at radius 3 is 1.38 bits per heavy atom. The van der Waals surface area contributed by atoms with E-state index in [1.165, 1.54) is 4.90 Å². The summed E-state index contributed by atoms with van der Waals surface area (Å²) < 4.78 is 0. The zero-order valence-corrected chi connectivity index (χ0v) is 14.3. The molecule has 0 aromatic rings. The van der Waals surface area contributed by atoms with Crippen LogP contribution in [-0.4, -0.2) is 23.9 Å². The summed E-state index contributed by atoms with van der Waals surface area (Å²) in [6.45, 7) is 9.64. The van der Waals surface area contributed by atoms with Gasteiger partial charge in [-0.3, -0.25) is 4.79 Å². The zero-order valence-electron chi connectivity index (χ0n) is 14.3. The molecule has 0 aromatic heterocycles. The van der Waals surface area contributed by atoms with Gasteiger partial charge in [-0.15, -0.1) is 13.2 Å². The molecule has 0 aliphatic heterocycles. The molecule has 2 heteroatoms. The van der Waals surface area contributed by atoms with Crippen LogP contribution in [0.15, 0.2) is 25.3 Å². The molecule has 0 fully saturated rings. The van der Waals surface area contributed by atoms with Gasteiger partial charge in [0.25, 0.3) is 5.91 Å². The van der Waals surface area contributed by atoms with Crippen LogP contribution in [0.3, 0.4) is 0 Å². The van der Waals surface area contributed by atoms with E-state index in [0.717, 1.165) is 0 Å². The third-order valence-corrected chi connectivity index (χ3v) is 2.09. The first-order valence-corrected chi connectivity index (χ1v) is 7.19. The van der Waals surface area contributed by atoms with Crippen LogP contribution in [0.4, 0.5) is 0 Å². The Kier molecular flexibility index (Phi) is 13.8. The zero-order chi connectivity index (χ0) is 19.3. The Balaban J connectivity index is 4.58. The smallest absolute Gasteiger partial charge is 0.300 e. The summed E-state index contributed by atoms with van der Waals surface area (Å²) in [6.07, 6.45) is 3.23. The van der Waals surface area contributed by atoms with E-state index in [4.69, 9.17) is 0 Å². The lowest BCUT2D eigenvalue weighted by atomic mass is 10.4. The second kappa shape index (κ2) is 16.8.